The van der Waals surface area contributed by atoms with Crippen LogP contribution in [0.1, 0.15) is 5.56 Å². The molecule has 2 aromatic carbocycles. The third kappa shape index (κ3) is 2.65. The predicted octanol–water partition coefficient (Wildman–Crippen LogP) is 5.16. The summed E-state index contributed by atoms with van der Waals surface area (Å²) in [5.41, 5.74) is 9.81. The van der Waals surface area contributed by atoms with Crippen LogP contribution < -0.4 is 5.73 Å². The van der Waals surface area contributed by atoms with Crippen LogP contribution in [-0.2, 0) is 0 Å². The summed E-state index contributed by atoms with van der Waals surface area (Å²) in [6, 6.07) is 13.8. The van der Waals surface area contributed by atoms with Gasteiger partial charge >= 0.3 is 0 Å². The number of rotatable bonds is 2. The van der Waals surface area contributed by atoms with Gasteiger partial charge in [0.2, 0.25) is 0 Å². The van der Waals surface area contributed by atoms with Crippen LogP contribution in [0.4, 0.5) is 5.82 Å². The first-order chi connectivity index (χ1) is 10.1. The Labute approximate surface area is 141 Å². The van der Waals surface area contributed by atoms with Gasteiger partial charge in [0, 0.05) is 9.13 Å². The first kappa shape index (κ1) is 14.4. The van der Waals surface area contributed by atoms with Crippen LogP contribution in [0, 0.1) is 10.5 Å². The summed E-state index contributed by atoms with van der Waals surface area (Å²) in [6.07, 6.45) is 0. The number of halogens is 2. The number of nitrogens with zero attached hydrogens (tertiary/aromatic N) is 1. The summed E-state index contributed by atoms with van der Waals surface area (Å²) in [4.78, 5) is 0. The number of aromatic nitrogens is 1. The molecule has 0 atom stereocenters. The molecular weight excluding hydrogens is 399 g/mol. The average Bonchev–Trinajstić information content (AvgIpc) is 2.84. The molecule has 0 saturated heterocycles. The normalized spacial score (nSPS) is 10.8. The summed E-state index contributed by atoms with van der Waals surface area (Å²) >= 11 is 8.39. The number of benzene rings is 2. The minimum absolute atomic E-state index is 0.383. The number of nitrogen functional groups attached to an aromatic ring is 1. The Morgan fingerprint density at radius 3 is 2.67 bits per heavy atom. The molecule has 3 nitrogen and oxygen atoms in total. The van der Waals surface area contributed by atoms with Crippen molar-refractivity contribution >= 4 is 40.0 Å². The maximum absolute atomic E-state index is 6.20. The molecule has 2 N–H and O–H groups in total. The van der Waals surface area contributed by atoms with Crippen LogP contribution in [-0.4, -0.2) is 5.16 Å². The van der Waals surface area contributed by atoms with Crippen molar-refractivity contribution in [1.82, 2.24) is 5.16 Å². The van der Waals surface area contributed by atoms with E-state index in [1.807, 2.05) is 49.4 Å². The van der Waals surface area contributed by atoms with E-state index in [0.717, 1.165) is 25.8 Å². The molecule has 0 bridgehead atoms. The summed E-state index contributed by atoms with van der Waals surface area (Å²) < 4.78 is 6.44. The molecule has 0 unspecified atom stereocenters. The fourth-order valence-electron chi connectivity index (χ4n) is 2.25. The molecular formula is C16H12ClIN2O. The maximum Gasteiger partial charge on any atom is 0.176 e. The minimum Gasteiger partial charge on any atom is -0.380 e. The number of hydrogen-bond donors (Lipinski definition) is 1. The van der Waals surface area contributed by atoms with Gasteiger partial charge in [-0.2, -0.15) is 0 Å². The molecule has 0 radical (unpaired) electrons. The Hall–Kier alpha value is -1.53. The molecule has 1 heterocycles. The second-order valence-electron chi connectivity index (χ2n) is 4.72. The van der Waals surface area contributed by atoms with E-state index in [9.17, 15) is 0 Å². The van der Waals surface area contributed by atoms with Gasteiger partial charge in [-0.15, -0.1) is 0 Å². The van der Waals surface area contributed by atoms with Crippen LogP contribution >= 0.6 is 34.2 Å². The van der Waals surface area contributed by atoms with Crippen molar-refractivity contribution in [3.63, 3.8) is 0 Å². The first-order valence-electron chi connectivity index (χ1n) is 6.34. The van der Waals surface area contributed by atoms with Gasteiger partial charge in [0.15, 0.2) is 11.6 Å². The lowest BCUT2D eigenvalue weighted by molar-refractivity contribution is 0.436. The molecule has 1 aromatic heterocycles. The van der Waals surface area contributed by atoms with Gasteiger partial charge in [-0.3, -0.25) is 0 Å². The lowest BCUT2D eigenvalue weighted by Gasteiger charge is -2.07. The Kier molecular flexibility index (Phi) is 3.91. The van der Waals surface area contributed by atoms with E-state index in [0.29, 0.717) is 16.6 Å². The first-order valence-corrected chi connectivity index (χ1v) is 7.80. The maximum atomic E-state index is 6.20. The zero-order chi connectivity index (χ0) is 15.0. The van der Waals surface area contributed by atoms with Crippen molar-refractivity contribution in [3.05, 3.63) is 56.6 Å². The van der Waals surface area contributed by atoms with Crippen molar-refractivity contribution in [3.8, 4) is 22.5 Å². The van der Waals surface area contributed by atoms with Gasteiger partial charge < -0.3 is 10.3 Å². The molecule has 0 aliphatic carbocycles. The molecule has 0 aliphatic heterocycles. The number of aryl methyl sites for hydroxylation is 1. The van der Waals surface area contributed by atoms with E-state index in [-0.39, 0.29) is 0 Å². The summed E-state index contributed by atoms with van der Waals surface area (Å²) in [5, 5.41) is 4.60. The SMILES string of the molecule is Cc1ccccc1-c1c(N)noc1-c1ccc(I)c(Cl)c1. The quantitative estimate of drug-likeness (QED) is 0.594. The third-order valence-electron chi connectivity index (χ3n) is 3.31. The van der Waals surface area contributed by atoms with E-state index in [2.05, 4.69) is 27.7 Å². The fourth-order valence-corrected chi connectivity index (χ4v) is 2.77. The molecule has 0 fully saturated rings. The Morgan fingerprint density at radius 1 is 1.19 bits per heavy atom. The smallest absolute Gasteiger partial charge is 0.176 e. The van der Waals surface area contributed by atoms with Crippen LogP contribution in [0.25, 0.3) is 22.5 Å². The predicted molar refractivity (Wildman–Crippen MR) is 94.3 cm³/mol. The Bertz CT molecular complexity index is 814. The summed E-state index contributed by atoms with van der Waals surface area (Å²) in [6.45, 7) is 2.03. The van der Waals surface area contributed by atoms with Gasteiger partial charge in [0.05, 0.1) is 10.6 Å². The Balaban J connectivity index is 2.22. The van der Waals surface area contributed by atoms with E-state index < -0.39 is 0 Å². The van der Waals surface area contributed by atoms with Crippen LogP contribution in [0.3, 0.4) is 0 Å². The van der Waals surface area contributed by atoms with Gasteiger partial charge in [-0.25, -0.2) is 0 Å². The molecule has 0 spiro atoms. The van der Waals surface area contributed by atoms with Gasteiger partial charge in [-0.1, -0.05) is 41.0 Å². The number of hydrogen-bond acceptors (Lipinski definition) is 3. The number of anilines is 1. The monoisotopic (exact) mass is 410 g/mol. The van der Waals surface area contributed by atoms with Crippen LogP contribution in [0.2, 0.25) is 5.02 Å². The highest BCUT2D eigenvalue weighted by Crippen LogP contribution is 2.39. The van der Waals surface area contributed by atoms with Gasteiger partial charge in [-0.05, 0) is 58.8 Å². The molecule has 0 aliphatic rings. The summed E-state index contributed by atoms with van der Waals surface area (Å²) in [7, 11) is 0. The average molecular weight is 411 g/mol. The van der Waals surface area contributed by atoms with E-state index in [1.54, 1.807) is 0 Å². The van der Waals surface area contributed by atoms with Crippen LogP contribution in [0.5, 0.6) is 0 Å². The van der Waals surface area contributed by atoms with Crippen molar-refractivity contribution in [2.75, 3.05) is 5.73 Å². The molecule has 5 heteroatoms. The second-order valence-corrected chi connectivity index (χ2v) is 6.29. The third-order valence-corrected chi connectivity index (χ3v) is 4.89. The lowest BCUT2D eigenvalue weighted by Crippen LogP contribution is -1.91. The molecule has 3 aromatic rings. The van der Waals surface area contributed by atoms with Crippen molar-refractivity contribution in [2.24, 2.45) is 0 Å². The van der Waals surface area contributed by atoms with E-state index in [1.165, 1.54) is 0 Å². The highest BCUT2D eigenvalue weighted by molar-refractivity contribution is 14.1. The standard InChI is InChI=1S/C16H12ClIN2O/c1-9-4-2-3-5-11(9)14-15(21-20-16(14)19)10-6-7-13(18)12(17)8-10/h2-8H,1H3,(H2,19,20). The van der Waals surface area contributed by atoms with E-state index >= 15 is 0 Å². The Morgan fingerprint density at radius 2 is 1.95 bits per heavy atom. The van der Waals surface area contributed by atoms with Crippen molar-refractivity contribution < 1.29 is 4.52 Å². The fraction of sp³-hybridized carbons (Fsp3) is 0.0625. The highest BCUT2D eigenvalue weighted by Gasteiger charge is 2.19. The van der Waals surface area contributed by atoms with E-state index in [4.69, 9.17) is 21.9 Å². The molecule has 0 saturated carbocycles. The van der Waals surface area contributed by atoms with Gasteiger partial charge in [0.25, 0.3) is 0 Å². The molecule has 21 heavy (non-hydrogen) atoms. The molecule has 3 rings (SSSR count). The second kappa shape index (κ2) is 5.69. The summed E-state index contributed by atoms with van der Waals surface area (Å²) in [5.74, 6) is 1.02. The topological polar surface area (TPSA) is 52.0 Å². The van der Waals surface area contributed by atoms with Gasteiger partial charge in [0.1, 0.15) is 0 Å². The molecule has 0 amide bonds. The molecule has 106 valence electrons. The highest BCUT2D eigenvalue weighted by atomic mass is 127. The largest absolute Gasteiger partial charge is 0.380 e. The zero-order valence-electron chi connectivity index (χ0n) is 11.2. The minimum atomic E-state index is 0.383. The number of nitrogens with two attached hydrogens (primary N) is 1. The zero-order valence-corrected chi connectivity index (χ0v) is 14.1. The van der Waals surface area contributed by atoms with Crippen molar-refractivity contribution in [1.29, 1.82) is 0 Å². The van der Waals surface area contributed by atoms with Crippen molar-refractivity contribution in [2.45, 2.75) is 6.92 Å². The van der Waals surface area contributed by atoms with Crippen LogP contribution in [0.15, 0.2) is 47.0 Å². The lowest BCUT2D eigenvalue weighted by atomic mass is 9.98.